The van der Waals surface area contributed by atoms with Gasteiger partial charge in [0.05, 0.1) is 24.2 Å². The van der Waals surface area contributed by atoms with Gasteiger partial charge in [0, 0.05) is 6.54 Å². The summed E-state index contributed by atoms with van der Waals surface area (Å²) >= 11 is 0. The standard InChI is InChI=1S/C14H20N2O4/c1-3-20-13-6-4-5-11(14(13)16(18)19)15-8-7-10(2)12(15)9-17/h4-6,10,12,17H,3,7-9H2,1-2H3. The predicted molar refractivity (Wildman–Crippen MR) is 76.3 cm³/mol. The third kappa shape index (κ3) is 2.56. The molecule has 1 saturated heterocycles. The van der Waals surface area contributed by atoms with E-state index in [1.54, 1.807) is 25.1 Å². The average molecular weight is 280 g/mol. The SMILES string of the molecule is CCOc1cccc(N2CCC(C)C2CO)c1[N+](=O)[O-]. The minimum absolute atomic E-state index is 0.00279. The first kappa shape index (κ1) is 14.6. The Labute approximate surface area is 118 Å². The number of aliphatic hydroxyl groups excluding tert-OH is 1. The van der Waals surface area contributed by atoms with Gasteiger partial charge in [-0.1, -0.05) is 13.0 Å². The molecule has 0 aliphatic carbocycles. The Morgan fingerprint density at radius 1 is 1.55 bits per heavy atom. The Hall–Kier alpha value is -1.82. The topological polar surface area (TPSA) is 75.8 Å². The number of anilines is 1. The van der Waals surface area contributed by atoms with Crippen LogP contribution in [0.3, 0.4) is 0 Å². The molecular weight excluding hydrogens is 260 g/mol. The van der Waals surface area contributed by atoms with Crippen LogP contribution in [0.25, 0.3) is 0 Å². The molecule has 1 aliphatic heterocycles. The van der Waals surface area contributed by atoms with E-state index in [0.717, 1.165) is 6.42 Å². The molecule has 6 heteroatoms. The highest BCUT2D eigenvalue weighted by atomic mass is 16.6. The molecule has 2 rings (SSSR count). The van der Waals surface area contributed by atoms with Crippen LogP contribution in [0.4, 0.5) is 11.4 Å². The maximum atomic E-state index is 11.4. The van der Waals surface area contributed by atoms with Crippen LogP contribution >= 0.6 is 0 Å². The van der Waals surface area contributed by atoms with Gasteiger partial charge in [0.25, 0.3) is 0 Å². The summed E-state index contributed by atoms with van der Waals surface area (Å²) in [5.41, 5.74) is 0.520. The summed E-state index contributed by atoms with van der Waals surface area (Å²) in [5.74, 6) is 0.599. The molecule has 0 amide bonds. The highest BCUT2D eigenvalue weighted by molar-refractivity contribution is 5.70. The maximum Gasteiger partial charge on any atom is 0.333 e. The van der Waals surface area contributed by atoms with Crippen molar-refractivity contribution in [2.75, 3.05) is 24.7 Å². The molecular formula is C14H20N2O4. The predicted octanol–water partition coefficient (Wildman–Crippen LogP) is 2.20. The number of nitrogens with zero attached hydrogens (tertiary/aromatic N) is 2. The van der Waals surface area contributed by atoms with E-state index in [0.29, 0.717) is 24.8 Å². The lowest BCUT2D eigenvalue weighted by Crippen LogP contribution is -2.35. The van der Waals surface area contributed by atoms with Crippen molar-refractivity contribution in [3.05, 3.63) is 28.3 Å². The molecule has 1 fully saturated rings. The molecule has 1 heterocycles. The Balaban J connectivity index is 2.45. The molecule has 0 saturated carbocycles. The van der Waals surface area contributed by atoms with Gasteiger partial charge in [-0.25, -0.2) is 0 Å². The van der Waals surface area contributed by atoms with Crippen LogP contribution < -0.4 is 9.64 Å². The maximum absolute atomic E-state index is 11.4. The monoisotopic (exact) mass is 280 g/mol. The van der Waals surface area contributed by atoms with E-state index in [1.165, 1.54) is 0 Å². The lowest BCUT2D eigenvalue weighted by atomic mass is 10.0. The number of para-hydroxylation sites is 1. The van der Waals surface area contributed by atoms with Gasteiger partial charge < -0.3 is 14.7 Å². The Morgan fingerprint density at radius 3 is 2.90 bits per heavy atom. The van der Waals surface area contributed by atoms with Gasteiger partial charge in [-0.3, -0.25) is 10.1 Å². The first-order valence-corrected chi connectivity index (χ1v) is 6.87. The molecule has 1 aromatic rings. The second-order valence-corrected chi connectivity index (χ2v) is 5.02. The van der Waals surface area contributed by atoms with Gasteiger partial charge >= 0.3 is 5.69 Å². The van der Waals surface area contributed by atoms with Crippen molar-refractivity contribution in [1.29, 1.82) is 0 Å². The molecule has 1 aliphatic rings. The van der Waals surface area contributed by atoms with E-state index >= 15 is 0 Å². The van der Waals surface area contributed by atoms with Gasteiger partial charge in [-0.05, 0) is 31.4 Å². The van der Waals surface area contributed by atoms with E-state index < -0.39 is 4.92 Å². The molecule has 6 nitrogen and oxygen atoms in total. The molecule has 0 spiro atoms. The lowest BCUT2D eigenvalue weighted by molar-refractivity contribution is -0.385. The second kappa shape index (κ2) is 6.09. The van der Waals surface area contributed by atoms with E-state index in [4.69, 9.17) is 4.74 Å². The zero-order valence-corrected chi connectivity index (χ0v) is 11.8. The summed E-state index contributed by atoms with van der Waals surface area (Å²) in [6.07, 6.45) is 0.918. The van der Waals surface area contributed by atoms with Crippen LogP contribution in [0.1, 0.15) is 20.3 Å². The summed E-state index contributed by atoms with van der Waals surface area (Å²) in [7, 11) is 0. The number of nitro groups is 1. The molecule has 2 atom stereocenters. The molecule has 0 aromatic heterocycles. The fourth-order valence-corrected chi connectivity index (χ4v) is 2.78. The Morgan fingerprint density at radius 2 is 2.30 bits per heavy atom. The van der Waals surface area contributed by atoms with Crippen LogP contribution in [-0.4, -0.2) is 35.8 Å². The van der Waals surface area contributed by atoms with Crippen LogP contribution in [0.15, 0.2) is 18.2 Å². The number of hydrogen-bond donors (Lipinski definition) is 1. The quantitative estimate of drug-likeness (QED) is 0.661. The number of ether oxygens (including phenoxy) is 1. The summed E-state index contributed by atoms with van der Waals surface area (Å²) in [6.45, 7) is 4.94. The van der Waals surface area contributed by atoms with Crippen molar-refractivity contribution in [3.63, 3.8) is 0 Å². The van der Waals surface area contributed by atoms with Crippen molar-refractivity contribution in [3.8, 4) is 5.75 Å². The molecule has 2 unspecified atom stereocenters. The summed E-state index contributed by atoms with van der Waals surface area (Å²) in [6, 6.07) is 5.01. The van der Waals surface area contributed by atoms with Crippen molar-refractivity contribution in [1.82, 2.24) is 0 Å². The van der Waals surface area contributed by atoms with Crippen molar-refractivity contribution >= 4 is 11.4 Å². The highest BCUT2D eigenvalue weighted by Crippen LogP contribution is 2.41. The molecule has 1 aromatic carbocycles. The minimum atomic E-state index is -0.405. The number of rotatable bonds is 5. The highest BCUT2D eigenvalue weighted by Gasteiger charge is 2.35. The molecule has 110 valence electrons. The molecule has 1 N–H and O–H groups in total. The number of benzene rings is 1. The summed E-state index contributed by atoms with van der Waals surface area (Å²) in [4.78, 5) is 12.9. The Bertz CT molecular complexity index is 492. The minimum Gasteiger partial charge on any atom is -0.487 e. The van der Waals surface area contributed by atoms with Crippen molar-refractivity contribution < 1.29 is 14.8 Å². The van der Waals surface area contributed by atoms with Gasteiger partial charge in [0.15, 0.2) is 5.75 Å². The number of aliphatic hydroxyl groups is 1. The fourth-order valence-electron chi connectivity index (χ4n) is 2.78. The zero-order chi connectivity index (χ0) is 14.7. The van der Waals surface area contributed by atoms with E-state index in [1.807, 2.05) is 4.90 Å². The number of nitro benzene ring substituents is 1. The van der Waals surface area contributed by atoms with Crippen LogP contribution in [0.5, 0.6) is 5.75 Å². The lowest BCUT2D eigenvalue weighted by Gasteiger charge is -2.27. The third-order valence-electron chi connectivity index (χ3n) is 3.84. The zero-order valence-electron chi connectivity index (χ0n) is 11.8. The van der Waals surface area contributed by atoms with Crippen LogP contribution in [0, 0.1) is 16.0 Å². The first-order chi connectivity index (χ1) is 9.60. The number of hydrogen-bond acceptors (Lipinski definition) is 5. The summed E-state index contributed by atoms with van der Waals surface area (Å²) < 4.78 is 5.36. The van der Waals surface area contributed by atoms with Crippen LogP contribution in [-0.2, 0) is 0 Å². The van der Waals surface area contributed by atoms with Gasteiger partial charge in [-0.15, -0.1) is 0 Å². The largest absolute Gasteiger partial charge is 0.487 e. The smallest absolute Gasteiger partial charge is 0.333 e. The van der Waals surface area contributed by atoms with Gasteiger partial charge in [-0.2, -0.15) is 0 Å². The van der Waals surface area contributed by atoms with E-state index in [-0.39, 0.29) is 24.1 Å². The molecule has 20 heavy (non-hydrogen) atoms. The summed E-state index contributed by atoms with van der Waals surface area (Å²) in [5, 5.41) is 20.9. The first-order valence-electron chi connectivity index (χ1n) is 6.87. The van der Waals surface area contributed by atoms with E-state index in [9.17, 15) is 15.2 Å². The van der Waals surface area contributed by atoms with Crippen LogP contribution in [0.2, 0.25) is 0 Å². The normalized spacial score (nSPS) is 22.1. The second-order valence-electron chi connectivity index (χ2n) is 5.02. The molecule has 0 radical (unpaired) electrons. The van der Waals surface area contributed by atoms with Crippen molar-refractivity contribution in [2.24, 2.45) is 5.92 Å². The van der Waals surface area contributed by atoms with Gasteiger partial charge in [0.2, 0.25) is 0 Å². The Kier molecular flexibility index (Phi) is 4.44. The van der Waals surface area contributed by atoms with Crippen molar-refractivity contribution in [2.45, 2.75) is 26.3 Å². The average Bonchev–Trinajstić information content (AvgIpc) is 2.79. The third-order valence-corrected chi connectivity index (χ3v) is 3.84. The van der Waals surface area contributed by atoms with E-state index in [2.05, 4.69) is 6.92 Å². The van der Waals surface area contributed by atoms with Gasteiger partial charge in [0.1, 0.15) is 5.69 Å². The fraction of sp³-hybridized carbons (Fsp3) is 0.571. The molecule has 0 bridgehead atoms.